The van der Waals surface area contributed by atoms with Gasteiger partial charge in [0.05, 0.1) is 5.56 Å². The Labute approximate surface area is 137 Å². The summed E-state index contributed by atoms with van der Waals surface area (Å²) in [4.78, 5) is 0.594. The molecule has 4 aromatic rings. The summed E-state index contributed by atoms with van der Waals surface area (Å²) in [5.74, 6) is 1.15. The Morgan fingerprint density at radius 2 is 1.79 bits per heavy atom. The van der Waals surface area contributed by atoms with Gasteiger partial charge >= 0.3 is 6.18 Å². The normalized spacial score (nSPS) is 12.2. The third kappa shape index (κ3) is 2.37. The molecule has 0 aliphatic carbocycles. The van der Waals surface area contributed by atoms with Crippen molar-refractivity contribution in [3.05, 3.63) is 47.8 Å². The Balaban J connectivity index is 1.78. The quantitative estimate of drug-likeness (QED) is 0.536. The maximum atomic E-state index is 13.1. The lowest BCUT2D eigenvalue weighted by Crippen LogP contribution is -2.06. The molecule has 0 aliphatic rings. The molecule has 0 atom stereocenters. The van der Waals surface area contributed by atoms with Crippen molar-refractivity contribution in [2.24, 2.45) is 0 Å². The van der Waals surface area contributed by atoms with E-state index in [0.29, 0.717) is 21.6 Å². The summed E-state index contributed by atoms with van der Waals surface area (Å²) < 4.78 is 46.6. The lowest BCUT2D eigenvalue weighted by Gasteiger charge is -2.10. The van der Waals surface area contributed by atoms with Crippen molar-refractivity contribution in [3.8, 4) is 22.1 Å². The number of furan rings is 1. The van der Waals surface area contributed by atoms with Gasteiger partial charge in [-0.2, -0.15) is 17.7 Å². The topological polar surface area (TPSA) is 56.2 Å². The van der Waals surface area contributed by atoms with E-state index in [0.717, 1.165) is 6.07 Å². The van der Waals surface area contributed by atoms with Crippen LogP contribution in [0.5, 0.6) is 0 Å². The van der Waals surface area contributed by atoms with Crippen LogP contribution in [0.4, 0.5) is 13.2 Å². The van der Waals surface area contributed by atoms with Crippen molar-refractivity contribution in [1.29, 1.82) is 0 Å². The third-order valence-electron chi connectivity index (χ3n) is 3.46. The minimum atomic E-state index is -4.45. The predicted molar refractivity (Wildman–Crippen MR) is 81.5 cm³/mol. The number of halogens is 3. The fourth-order valence-electron chi connectivity index (χ4n) is 2.36. The lowest BCUT2D eigenvalue weighted by molar-refractivity contribution is -0.137. The summed E-state index contributed by atoms with van der Waals surface area (Å²) in [6.45, 7) is 1.76. The highest BCUT2D eigenvalue weighted by Crippen LogP contribution is 2.39. The third-order valence-corrected chi connectivity index (χ3v) is 4.37. The van der Waals surface area contributed by atoms with Crippen molar-refractivity contribution in [3.63, 3.8) is 0 Å². The van der Waals surface area contributed by atoms with Gasteiger partial charge in [0, 0.05) is 5.56 Å². The molecule has 122 valence electrons. The van der Waals surface area contributed by atoms with Crippen molar-refractivity contribution >= 4 is 16.3 Å². The second kappa shape index (κ2) is 5.17. The first-order valence-electron chi connectivity index (χ1n) is 6.89. The average molecular weight is 350 g/mol. The Morgan fingerprint density at radius 1 is 1.04 bits per heavy atom. The average Bonchev–Trinajstić information content (AvgIpc) is 3.24. The van der Waals surface area contributed by atoms with Crippen LogP contribution in [0.15, 0.2) is 40.8 Å². The van der Waals surface area contributed by atoms with Crippen LogP contribution < -0.4 is 0 Å². The Bertz CT molecular complexity index is 1030. The molecule has 24 heavy (non-hydrogen) atoms. The fourth-order valence-corrected chi connectivity index (χ4v) is 3.20. The van der Waals surface area contributed by atoms with Gasteiger partial charge < -0.3 is 4.42 Å². The Morgan fingerprint density at radius 3 is 2.54 bits per heavy atom. The highest BCUT2D eigenvalue weighted by atomic mass is 32.1. The molecule has 3 heterocycles. The number of hydrogen-bond donors (Lipinski definition) is 0. The number of alkyl halides is 3. The van der Waals surface area contributed by atoms with E-state index >= 15 is 0 Å². The van der Waals surface area contributed by atoms with E-state index in [-0.39, 0.29) is 11.3 Å². The fraction of sp³-hybridized carbons (Fsp3) is 0.133. The van der Waals surface area contributed by atoms with Crippen LogP contribution in [0, 0.1) is 6.92 Å². The van der Waals surface area contributed by atoms with Crippen molar-refractivity contribution in [2.75, 3.05) is 0 Å². The summed E-state index contributed by atoms with van der Waals surface area (Å²) in [7, 11) is 0. The summed E-state index contributed by atoms with van der Waals surface area (Å²) >= 11 is 1.25. The van der Waals surface area contributed by atoms with Crippen molar-refractivity contribution in [1.82, 2.24) is 19.8 Å². The molecular weight excluding hydrogens is 341 g/mol. The number of aryl methyl sites for hydroxylation is 1. The van der Waals surface area contributed by atoms with E-state index in [1.54, 1.807) is 23.6 Å². The highest BCUT2D eigenvalue weighted by molar-refractivity contribution is 7.19. The largest absolute Gasteiger partial charge is 0.453 e. The first-order chi connectivity index (χ1) is 11.4. The first-order valence-corrected chi connectivity index (χ1v) is 7.71. The molecule has 0 N–H and O–H groups in total. The van der Waals surface area contributed by atoms with Crippen LogP contribution in [0.25, 0.3) is 27.1 Å². The van der Waals surface area contributed by atoms with Crippen molar-refractivity contribution in [2.45, 2.75) is 13.1 Å². The van der Waals surface area contributed by atoms with E-state index in [4.69, 9.17) is 4.42 Å². The Hall–Kier alpha value is -2.68. The number of benzene rings is 1. The minimum absolute atomic E-state index is 0.00423. The van der Waals surface area contributed by atoms with Crippen LogP contribution >= 0.6 is 11.3 Å². The molecule has 9 heteroatoms. The van der Waals surface area contributed by atoms with Crippen LogP contribution in [0.2, 0.25) is 0 Å². The molecule has 5 nitrogen and oxygen atoms in total. The van der Waals surface area contributed by atoms with E-state index in [1.165, 1.54) is 29.5 Å². The van der Waals surface area contributed by atoms with Gasteiger partial charge in [0.25, 0.3) is 0 Å². The van der Waals surface area contributed by atoms with Crippen molar-refractivity contribution < 1.29 is 17.6 Å². The zero-order chi connectivity index (χ0) is 16.9. The number of fused-ring (bicyclic) bond motifs is 1. The monoisotopic (exact) mass is 350 g/mol. The molecule has 0 amide bonds. The summed E-state index contributed by atoms with van der Waals surface area (Å²) in [6.07, 6.45) is -4.45. The molecule has 1 aromatic carbocycles. The standard InChI is InChI=1S/C15H9F3N4OS/c1-8-19-20-14-22(8)21-13(24-14)12-7-6-11(23-12)9-4-2-3-5-10(9)15(16,17)18/h2-7H,1H3. The van der Waals surface area contributed by atoms with Gasteiger partial charge in [0.1, 0.15) is 5.76 Å². The summed E-state index contributed by atoms with van der Waals surface area (Å²) in [5.41, 5.74) is -0.740. The number of aromatic nitrogens is 4. The lowest BCUT2D eigenvalue weighted by atomic mass is 10.1. The van der Waals surface area contributed by atoms with Gasteiger partial charge in [0.2, 0.25) is 4.96 Å². The molecule has 0 saturated heterocycles. The molecule has 0 unspecified atom stereocenters. The SMILES string of the molecule is Cc1nnc2sc(-c3ccc(-c4ccccc4C(F)(F)F)o3)nn12. The zero-order valence-corrected chi connectivity index (χ0v) is 13.0. The van der Waals surface area contributed by atoms with E-state index in [1.807, 2.05) is 0 Å². The van der Waals surface area contributed by atoms with Crippen LogP contribution in [0.3, 0.4) is 0 Å². The second-order valence-electron chi connectivity index (χ2n) is 5.06. The molecule has 0 fully saturated rings. The van der Waals surface area contributed by atoms with Crippen LogP contribution in [-0.2, 0) is 6.18 Å². The minimum Gasteiger partial charge on any atom is -0.453 e. The van der Waals surface area contributed by atoms with E-state index in [9.17, 15) is 13.2 Å². The Kier molecular flexibility index (Phi) is 3.20. The van der Waals surface area contributed by atoms with Gasteiger partial charge in [-0.1, -0.05) is 29.5 Å². The maximum absolute atomic E-state index is 13.1. The van der Waals surface area contributed by atoms with Crippen LogP contribution in [0.1, 0.15) is 11.4 Å². The summed E-state index contributed by atoms with van der Waals surface area (Å²) in [5, 5.41) is 12.7. The molecule has 3 aromatic heterocycles. The molecular formula is C15H9F3N4OS. The van der Waals surface area contributed by atoms with Gasteiger partial charge in [-0.25, -0.2) is 0 Å². The van der Waals surface area contributed by atoms with Crippen LogP contribution in [-0.4, -0.2) is 19.8 Å². The second-order valence-corrected chi connectivity index (χ2v) is 6.01. The molecule has 0 radical (unpaired) electrons. The first kappa shape index (κ1) is 14.9. The molecule has 4 rings (SSSR count). The van der Waals surface area contributed by atoms with Gasteiger partial charge in [-0.3, -0.25) is 0 Å². The highest BCUT2D eigenvalue weighted by Gasteiger charge is 2.34. The van der Waals surface area contributed by atoms with Gasteiger partial charge in [0.15, 0.2) is 16.6 Å². The molecule has 0 spiro atoms. The predicted octanol–water partition coefficient (Wildman–Crippen LogP) is 4.44. The molecule has 0 saturated carbocycles. The van der Waals surface area contributed by atoms with E-state index < -0.39 is 11.7 Å². The molecule has 0 aliphatic heterocycles. The maximum Gasteiger partial charge on any atom is 0.417 e. The number of nitrogens with zero attached hydrogens (tertiary/aromatic N) is 4. The zero-order valence-electron chi connectivity index (χ0n) is 12.2. The smallest absolute Gasteiger partial charge is 0.417 e. The number of rotatable bonds is 2. The van der Waals surface area contributed by atoms with Gasteiger partial charge in [-0.05, 0) is 25.1 Å². The van der Waals surface area contributed by atoms with E-state index in [2.05, 4.69) is 15.3 Å². The summed E-state index contributed by atoms with van der Waals surface area (Å²) in [6, 6.07) is 8.41. The number of hydrogen-bond acceptors (Lipinski definition) is 5. The van der Waals surface area contributed by atoms with Gasteiger partial charge in [-0.15, -0.1) is 15.3 Å². The molecule has 0 bridgehead atoms.